The zero-order valence-corrected chi connectivity index (χ0v) is 30.8. The van der Waals surface area contributed by atoms with Crippen molar-refractivity contribution < 1.29 is 9.53 Å². The maximum absolute atomic E-state index is 12.6. The van der Waals surface area contributed by atoms with E-state index in [4.69, 9.17) is 4.74 Å². The molecule has 0 rings (SSSR count). The molecule has 1 unspecified atom stereocenters. The molecule has 0 aromatic heterocycles. The minimum absolute atomic E-state index is 0.0664. The van der Waals surface area contributed by atoms with Crippen LogP contribution >= 0.6 is 0 Å². The van der Waals surface area contributed by atoms with Crippen molar-refractivity contribution in [3.8, 4) is 0 Å². The van der Waals surface area contributed by atoms with E-state index in [0.29, 0.717) is 6.42 Å². The van der Waals surface area contributed by atoms with Gasteiger partial charge in [0.05, 0.1) is 0 Å². The van der Waals surface area contributed by atoms with Crippen LogP contribution in [0.3, 0.4) is 0 Å². The van der Waals surface area contributed by atoms with Gasteiger partial charge in [-0.25, -0.2) is 0 Å². The molecule has 44 heavy (non-hydrogen) atoms. The maximum atomic E-state index is 12.6. The molecule has 0 amide bonds. The molecular formula is C42H82O2. The van der Waals surface area contributed by atoms with Crippen molar-refractivity contribution >= 4 is 5.97 Å². The summed E-state index contributed by atoms with van der Waals surface area (Å²) in [5.74, 6) is 0.0664. The Balaban J connectivity index is 3.77. The minimum Gasteiger partial charge on any atom is -0.462 e. The summed E-state index contributed by atoms with van der Waals surface area (Å²) >= 11 is 0. The van der Waals surface area contributed by atoms with Crippen molar-refractivity contribution in [2.45, 2.75) is 252 Å². The molecule has 0 aromatic carbocycles. The van der Waals surface area contributed by atoms with Gasteiger partial charge in [-0.15, -0.1) is 0 Å². The van der Waals surface area contributed by atoms with Crippen LogP contribution in [0.5, 0.6) is 0 Å². The second kappa shape index (κ2) is 38.4. The van der Waals surface area contributed by atoms with Crippen LogP contribution in [0, 0.1) is 0 Å². The quantitative estimate of drug-likeness (QED) is 0.0393. The molecule has 0 saturated carbocycles. The Labute approximate surface area is 278 Å². The monoisotopic (exact) mass is 619 g/mol. The van der Waals surface area contributed by atoms with E-state index in [2.05, 4.69) is 32.9 Å². The summed E-state index contributed by atoms with van der Waals surface area (Å²) in [6.45, 7) is 6.85. The van der Waals surface area contributed by atoms with Gasteiger partial charge >= 0.3 is 5.97 Å². The first-order valence-corrected chi connectivity index (χ1v) is 20.6. The van der Waals surface area contributed by atoms with E-state index in [0.717, 1.165) is 19.3 Å². The molecule has 2 nitrogen and oxygen atoms in total. The number of rotatable bonds is 37. The van der Waals surface area contributed by atoms with Crippen molar-refractivity contribution in [1.29, 1.82) is 0 Å². The van der Waals surface area contributed by atoms with Gasteiger partial charge in [0.2, 0.25) is 0 Å². The van der Waals surface area contributed by atoms with Crippen LogP contribution in [0.1, 0.15) is 245 Å². The van der Waals surface area contributed by atoms with Gasteiger partial charge in [0, 0.05) is 6.42 Å². The lowest BCUT2D eigenvalue weighted by atomic mass is 10.0. The number of carbonyl (C=O) groups is 1. The lowest BCUT2D eigenvalue weighted by molar-refractivity contribution is -0.150. The Morgan fingerprint density at radius 3 is 1.07 bits per heavy atom. The summed E-state index contributed by atoms with van der Waals surface area (Å²) in [5, 5.41) is 0. The summed E-state index contributed by atoms with van der Waals surface area (Å²) < 4.78 is 6.03. The summed E-state index contributed by atoms with van der Waals surface area (Å²) in [7, 11) is 0. The predicted molar refractivity (Wildman–Crippen MR) is 198 cm³/mol. The van der Waals surface area contributed by atoms with E-state index >= 15 is 0 Å². The molecule has 0 heterocycles. The van der Waals surface area contributed by atoms with Crippen LogP contribution in [0.2, 0.25) is 0 Å². The third-order valence-electron chi connectivity index (χ3n) is 9.45. The first-order valence-electron chi connectivity index (χ1n) is 20.6. The highest BCUT2D eigenvalue weighted by atomic mass is 16.5. The van der Waals surface area contributed by atoms with E-state index in [9.17, 15) is 4.79 Å². The number of hydrogen-bond acceptors (Lipinski definition) is 2. The largest absolute Gasteiger partial charge is 0.462 e. The van der Waals surface area contributed by atoms with Gasteiger partial charge in [0.1, 0.15) is 6.10 Å². The molecule has 1 atom stereocenters. The molecule has 0 radical (unpaired) electrons. The molecular weight excluding hydrogens is 536 g/mol. The topological polar surface area (TPSA) is 26.3 Å². The Morgan fingerprint density at radius 1 is 0.409 bits per heavy atom. The van der Waals surface area contributed by atoms with Gasteiger partial charge in [-0.05, 0) is 57.8 Å². The molecule has 0 aromatic rings. The third kappa shape index (κ3) is 35.7. The van der Waals surface area contributed by atoms with E-state index in [1.54, 1.807) is 0 Å². The molecule has 0 N–H and O–H groups in total. The summed E-state index contributed by atoms with van der Waals surface area (Å²) in [6.07, 6.45) is 50.4. The Bertz CT molecular complexity index is 568. The number of hydrogen-bond donors (Lipinski definition) is 0. The highest BCUT2D eigenvalue weighted by Crippen LogP contribution is 2.19. The first-order chi connectivity index (χ1) is 21.7. The number of esters is 1. The van der Waals surface area contributed by atoms with Crippen LogP contribution in [0.25, 0.3) is 0 Å². The van der Waals surface area contributed by atoms with E-state index in [1.165, 1.54) is 199 Å². The SMILES string of the molecule is CCCCCCCC/C=C\CCCCCCCCCCCC(=O)OC(CCCCCCC)CCCCCCCCCCCC. The summed E-state index contributed by atoms with van der Waals surface area (Å²) in [6, 6.07) is 0. The van der Waals surface area contributed by atoms with Crippen molar-refractivity contribution in [2.75, 3.05) is 0 Å². The minimum atomic E-state index is 0.0664. The van der Waals surface area contributed by atoms with Crippen molar-refractivity contribution in [1.82, 2.24) is 0 Å². The number of carbonyl (C=O) groups excluding carboxylic acids is 1. The molecule has 0 aliphatic rings. The van der Waals surface area contributed by atoms with Gasteiger partial charge in [0.15, 0.2) is 0 Å². The second-order valence-electron chi connectivity index (χ2n) is 14.0. The molecule has 262 valence electrons. The number of allylic oxidation sites excluding steroid dienone is 2. The fraction of sp³-hybridized carbons (Fsp3) is 0.929. The summed E-state index contributed by atoms with van der Waals surface area (Å²) in [4.78, 5) is 12.6. The van der Waals surface area contributed by atoms with E-state index < -0.39 is 0 Å². The normalized spacial score (nSPS) is 12.3. The molecule has 0 aliphatic carbocycles. The molecule has 0 fully saturated rings. The zero-order chi connectivity index (χ0) is 32.0. The first kappa shape index (κ1) is 43.2. The number of unbranched alkanes of at least 4 members (excludes halogenated alkanes) is 28. The number of ether oxygens (including phenoxy) is 1. The van der Waals surface area contributed by atoms with Crippen LogP contribution in [-0.2, 0) is 9.53 Å². The second-order valence-corrected chi connectivity index (χ2v) is 14.0. The highest BCUT2D eigenvalue weighted by Gasteiger charge is 2.14. The molecule has 2 heteroatoms. The Kier molecular flexibility index (Phi) is 37.7. The molecule has 0 spiro atoms. The van der Waals surface area contributed by atoms with Crippen LogP contribution in [0.15, 0.2) is 12.2 Å². The lowest BCUT2D eigenvalue weighted by Gasteiger charge is -2.18. The average Bonchev–Trinajstić information content (AvgIpc) is 3.02. The standard InChI is InChI=1S/C42H82O2/c1-4-7-10-13-15-17-19-20-21-22-23-24-25-26-27-29-31-34-37-40-42(43)44-41(38-35-32-12-9-6-3)39-36-33-30-28-18-16-14-11-8-5-2/h20-21,41H,4-19,22-40H2,1-3H3/b21-20-. The van der Waals surface area contributed by atoms with Crippen molar-refractivity contribution in [3.05, 3.63) is 12.2 Å². The van der Waals surface area contributed by atoms with Crippen LogP contribution in [-0.4, -0.2) is 12.1 Å². The fourth-order valence-electron chi connectivity index (χ4n) is 6.39. The third-order valence-corrected chi connectivity index (χ3v) is 9.45. The summed E-state index contributed by atoms with van der Waals surface area (Å²) in [5.41, 5.74) is 0. The Hall–Kier alpha value is -0.790. The van der Waals surface area contributed by atoms with Crippen molar-refractivity contribution in [2.24, 2.45) is 0 Å². The average molecular weight is 619 g/mol. The van der Waals surface area contributed by atoms with Crippen molar-refractivity contribution in [3.63, 3.8) is 0 Å². The van der Waals surface area contributed by atoms with E-state index in [1.807, 2.05) is 0 Å². The fourth-order valence-corrected chi connectivity index (χ4v) is 6.39. The van der Waals surface area contributed by atoms with Gasteiger partial charge in [-0.3, -0.25) is 4.79 Å². The molecule has 0 bridgehead atoms. The van der Waals surface area contributed by atoms with Gasteiger partial charge in [-0.2, -0.15) is 0 Å². The zero-order valence-electron chi connectivity index (χ0n) is 30.8. The van der Waals surface area contributed by atoms with Gasteiger partial charge in [0.25, 0.3) is 0 Å². The van der Waals surface area contributed by atoms with Gasteiger partial charge < -0.3 is 4.74 Å². The lowest BCUT2D eigenvalue weighted by Crippen LogP contribution is -2.18. The smallest absolute Gasteiger partial charge is 0.306 e. The molecule has 0 saturated heterocycles. The van der Waals surface area contributed by atoms with Crippen LogP contribution < -0.4 is 0 Å². The maximum Gasteiger partial charge on any atom is 0.306 e. The van der Waals surface area contributed by atoms with E-state index in [-0.39, 0.29) is 12.1 Å². The Morgan fingerprint density at radius 2 is 0.705 bits per heavy atom. The van der Waals surface area contributed by atoms with Crippen LogP contribution in [0.4, 0.5) is 0 Å². The predicted octanol–water partition coefficient (Wildman–Crippen LogP) is 15.2. The highest BCUT2D eigenvalue weighted by molar-refractivity contribution is 5.69. The molecule has 0 aliphatic heterocycles. The van der Waals surface area contributed by atoms with Gasteiger partial charge in [-0.1, -0.05) is 193 Å².